The summed E-state index contributed by atoms with van der Waals surface area (Å²) in [7, 11) is -3.80. The third-order valence-electron chi connectivity index (χ3n) is 6.20. The minimum atomic E-state index is -3.80. The zero-order chi connectivity index (χ0) is 24.5. The van der Waals surface area contributed by atoms with E-state index in [0.29, 0.717) is 31.0 Å². The lowest BCUT2D eigenvalue weighted by Gasteiger charge is -2.37. The quantitative estimate of drug-likeness (QED) is 0.506. The summed E-state index contributed by atoms with van der Waals surface area (Å²) < 4.78 is 28.9. The first-order valence-electron chi connectivity index (χ1n) is 11.5. The molecule has 4 rings (SSSR count). The fourth-order valence-electron chi connectivity index (χ4n) is 4.22. The molecule has 6 nitrogen and oxygen atoms in total. The minimum Gasteiger partial charge on any atom is -0.320 e. The van der Waals surface area contributed by atoms with Gasteiger partial charge in [-0.2, -0.15) is 0 Å². The molecule has 178 valence electrons. The van der Waals surface area contributed by atoms with Crippen molar-refractivity contribution in [2.45, 2.75) is 45.6 Å². The summed E-state index contributed by atoms with van der Waals surface area (Å²) in [6.07, 6.45) is 0.800. The number of sulfonamides is 1. The maximum absolute atomic E-state index is 13.5. The highest BCUT2D eigenvalue weighted by Gasteiger charge is 2.29. The molecule has 3 aromatic rings. The van der Waals surface area contributed by atoms with E-state index in [1.807, 2.05) is 37.8 Å². The summed E-state index contributed by atoms with van der Waals surface area (Å²) in [5.41, 5.74) is 6.30. The van der Waals surface area contributed by atoms with Crippen molar-refractivity contribution in [3.63, 3.8) is 0 Å². The van der Waals surface area contributed by atoms with Crippen LogP contribution in [0, 0.1) is 27.7 Å². The lowest BCUT2D eigenvalue weighted by Crippen LogP contribution is -2.49. The van der Waals surface area contributed by atoms with Gasteiger partial charge in [0, 0.05) is 19.6 Å². The Morgan fingerprint density at radius 1 is 0.824 bits per heavy atom. The van der Waals surface area contributed by atoms with E-state index in [1.165, 1.54) is 0 Å². The van der Waals surface area contributed by atoms with E-state index in [4.69, 9.17) is 0 Å². The molecular formula is C27H31N3O3S. The predicted molar refractivity (Wildman–Crippen MR) is 137 cm³/mol. The first-order valence-corrected chi connectivity index (χ1v) is 12.9. The van der Waals surface area contributed by atoms with E-state index in [9.17, 15) is 13.2 Å². The molecule has 0 atom stereocenters. The number of carbonyl (C=O) groups is 1. The Balaban J connectivity index is 1.63. The molecule has 0 spiro atoms. The summed E-state index contributed by atoms with van der Waals surface area (Å²) in [5, 5.41) is 0. The summed E-state index contributed by atoms with van der Waals surface area (Å²) in [6, 6.07) is 18.4. The van der Waals surface area contributed by atoms with Crippen LogP contribution in [0.4, 0.5) is 16.2 Å². The topological polar surface area (TPSA) is 69.7 Å². The lowest BCUT2D eigenvalue weighted by molar-refractivity contribution is 0.192. The minimum absolute atomic E-state index is 0.119. The van der Waals surface area contributed by atoms with Gasteiger partial charge < -0.3 is 4.90 Å². The average molecular weight is 478 g/mol. The molecule has 3 aromatic carbocycles. The second kappa shape index (κ2) is 9.50. The molecule has 7 heteroatoms. The van der Waals surface area contributed by atoms with Gasteiger partial charge in [-0.05, 0) is 75.1 Å². The molecule has 0 bridgehead atoms. The molecule has 0 aliphatic carbocycles. The van der Waals surface area contributed by atoms with E-state index in [2.05, 4.69) is 29.8 Å². The van der Waals surface area contributed by atoms with Gasteiger partial charge in [0.15, 0.2) is 0 Å². The van der Waals surface area contributed by atoms with Crippen molar-refractivity contribution in [2.75, 3.05) is 22.7 Å². The van der Waals surface area contributed by atoms with Gasteiger partial charge in [0.25, 0.3) is 10.0 Å². The van der Waals surface area contributed by atoms with Crippen LogP contribution in [0.25, 0.3) is 0 Å². The Hall–Kier alpha value is -3.32. The monoisotopic (exact) mass is 477 g/mol. The van der Waals surface area contributed by atoms with Gasteiger partial charge in [-0.3, -0.25) is 9.62 Å². The van der Waals surface area contributed by atoms with E-state index >= 15 is 0 Å². The number of hydrogen-bond acceptors (Lipinski definition) is 3. The van der Waals surface area contributed by atoms with Gasteiger partial charge in [-0.15, -0.1) is 0 Å². The van der Waals surface area contributed by atoms with Gasteiger partial charge in [0.05, 0.1) is 16.3 Å². The van der Waals surface area contributed by atoms with Crippen molar-refractivity contribution in [3.05, 3.63) is 88.5 Å². The third kappa shape index (κ3) is 5.09. The fraction of sp³-hybridized carbons (Fsp3) is 0.296. The normalized spacial score (nSPS) is 14.4. The molecule has 1 heterocycles. The van der Waals surface area contributed by atoms with Crippen molar-refractivity contribution < 1.29 is 13.2 Å². The number of nitrogens with one attached hydrogen (secondary N) is 1. The molecule has 0 radical (unpaired) electrons. The summed E-state index contributed by atoms with van der Waals surface area (Å²) >= 11 is 0. The smallest absolute Gasteiger partial charge is 0.320 e. The zero-order valence-corrected chi connectivity index (χ0v) is 20.9. The molecule has 0 unspecified atom stereocenters. The molecule has 2 amide bonds. The largest absolute Gasteiger partial charge is 0.324 e. The first kappa shape index (κ1) is 23.8. The number of carbonyl (C=O) groups excluding carboxylic acids is 1. The van der Waals surface area contributed by atoms with Crippen molar-refractivity contribution in [1.82, 2.24) is 4.90 Å². The second-order valence-electron chi connectivity index (χ2n) is 9.08. The number of hydrogen-bond donors (Lipinski definition) is 1. The van der Waals surface area contributed by atoms with Gasteiger partial charge in [0.2, 0.25) is 0 Å². The van der Waals surface area contributed by atoms with Crippen LogP contribution in [-0.2, 0) is 16.6 Å². The van der Waals surface area contributed by atoms with Crippen molar-refractivity contribution in [3.8, 4) is 0 Å². The third-order valence-corrected chi connectivity index (χ3v) is 7.58. The molecule has 1 aliphatic heterocycles. The maximum atomic E-state index is 13.5. The Labute approximate surface area is 202 Å². The molecule has 0 saturated carbocycles. The summed E-state index contributed by atoms with van der Waals surface area (Å²) in [4.78, 5) is 17.2. The van der Waals surface area contributed by atoms with Crippen LogP contribution in [-0.4, -0.2) is 32.4 Å². The Morgan fingerprint density at radius 3 is 2.21 bits per heavy atom. The SMILES string of the molecule is Cc1ccc(S(=O)(=O)Nc2cc(C)ccc2N2CCCN(Cc3cc(C)ccc3C)C2=O)cc1. The van der Waals surface area contributed by atoms with Crippen LogP contribution in [0.1, 0.15) is 34.2 Å². The number of amides is 2. The Kier molecular flexibility index (Phi) is 6.66. The standard InChI is InChI=1S/C27H31N3O3S/c1-19-7-11-24(12-8-19)34(32,33)28-25-17-21(3)9-13-26(25)30-15-5-14-29(27(30)31)18-23-16-20(2)6-10-22(23)4/h6-13,16-17,28H,5,14-15,18H2,1-4H3. The van der Waals surface area contributed by atoms with Crippen LogP contribution < -0.4 is 9.62 Å². The number of benzene rings is 3. The van der Waals surface area contributed by atoms with Gasteiger partial charge >= 0.3 is 6.03 Å². The number of nitrogens with zero attached hydrogens (tertiary/aromatic N) is 2. The van der Waals surface area contributed by atoms with Crippen LogP contribution in [0.15, 0.2) is 65.6 Å². The molecule has 1 saturated heterocycles. The van der Waals surface area contributed by atoms with Crippen LogP contribution in [0.2, 0.25) is 0 Å². The molecule has 0 aromatic heterocycles. The second-order valence-corrected chi connectivity index (χ2v) is 10.8. The molecule has 1 fully saturated rings. The van der Waals surface area contributed by atoms with E-state index < -0.39 is 10.0 Å². The van der Waals surface area contributed by atoms with Crippen molar-refractivity contribution >= 4 is 27.4 Å². The fourth-order valence-corrected chi connectivity index (χ4v) is 5.28. The van der Waals surface area contributed by atoms with E-state index in [-0.39, 0.29) is 10.9 Å². The number of rotatable bonds is 6. The number of urea groups is 1. The Morgan fingerprint density at radius 2 is 1.47 bits per heavy atom. The molecule has 1 N–H and O–H groups in total. The van der Waals surface area contributed by atoms with Crippen molar-refractivity contribution in [1.29, 1.82) is 0 Å². The lowest BCUT2D eigenvalue weighted by atomic mass is 10.0. The highest BCUT2D eigenvalue weighted by molar-refractivity contribution is 7.92. The van der Waals surface area contributed by atoms with Gasteiger partial charge in [-0.1, -0.05) is 47.5 Å². The maximum Gasteiger partial charge on any atom is 0.324 e. The molecular weight excluding hydrogens is 446 g/mol. The number of aryl methyl sites for hydroxylation is 4. The predicted octanol–water partition coefficient (Wildman–Crippen LogP) is 5.55. The Bertz CT molecular complexity index is 1320. The van der Waals surface area contributed by atoms with Gasteiger partial charge in [0.1, 0.15) is 0 Å². The van der Waals surface area contributed by atoms with Crippen LogP contribution in [0.3, 0.4) is 0 Å². The number of anilines is 2. The highest BCUT2D eigenvalue weighted by atomic mass is 32.2. The van der Waals surface area contributed by atoms with Crippen LogP contribution >= 0.6 is 0 Å². The van der Waals surface area contributed by atoms with E-state index in [1.54, 1.807) is 35.2 Å². The summed E-state index contributed by atoms with van der Waals surface area (Å²) in [5.74, 6) is 0. The molecule has 1 aliphatic rings. The molecule has 34 heavy (non-hydrogen) atoms. The zero-order valence-electron chi connectivity index (χ0n) is 20.1. The summed E-state index contributed by atoms with van der Waals surface area (Å²) in [6.45, 7) is 9.64. The van der Waals surface area contributed by atoms with E-state index in [0.717, 1.165) is 34.2 Å². The average Bonchev–Trinajstić information content (AvgIpc) is 2.78. The van der Waals surface area contributed by atoms with Crippen molar-refractivity contribution in [2.24, 2.45) is 0 Å². The van der Waals surface area contributed by atoms with Crippen LogP contribution in [0.5, 0.6) is 0 Å². The van der Waals surface area contributed by atoms with Gasteiger partial charge in [-0.25, -0.2) is 13.2 Å². The first-order chi connectivity index (χ1) is 16.1. The highest BCUT2D eigenvalue weighted by Crippen LogP contribution is 2.32.